The molecule has 0 unspecified atom stereocenters. The topological polar surface area (TPSA) is 126 Å². The highest BCUT2D eigenvalue weighted by atomic mass is 16.5. The standard InChI is InChI=1S/C16H19N3O6/c1-2-24-13-7-10(3-6-12(13)25-9-14(20)21)8-17-19-16(23)15(22)18-11-4-5-11/h3,6-8,11H,2,4-5,9H2,1H3,(H,18,22)(H,19,23)(H,20,21)/b17-8-. The number of hydrogen-bond acceptors (Lipinski definition) is 6. The maximum absolute atomic E-state index is 11.5. The molecule has 1 aliphatic carbocycles. The summed E-state index contributed by atoms with van der Waals surface area (Å²) in [5.74, 6) is -2.01. The van der Waals surface area contributed by atoms with Crippen molar-refractivity contribution in [3.63, 3.8) is 0 Å². The number of benzene rings is 1. The summed E-state index contributed by atoms with van der Waals surface area (Å²) in [6.45, 7) is 1.65. The highest BCUT2D eigenvalue weighted by Crippen LogP contribution is 2.28. The van der Waals surface area contributed by atoms with E-state index in [-0.39, 0.29) is 11.8 Å². The van der Waals surface area contributed by atoms with Crippen molar-refractivity contribution in [1.29, 1.82) is 0 Å². The summed E-state index contributed by atoms with van der Waals surface area (Å²) in [7, 11) is 0. The SMILES string of the molecule is CCOc1cc(/C=N\NC(=O)C(=O)NC2CC2)ccc1OCC(=O)O. The van der Waals surface area contributed by atoms with Gasteiger partial charge in [0.25, 0.3) is 0 Å². The van der Waals surface area contributed by atoms with Gasteiger partial charge >= 0.3 is 17.8 Å². The van der Waals surface area contributed by atoms with E-state index in [1.54, 1.807) is 19.1 Å². The number of ether oxygens (including phenoxy) is 2. The molecule has 2 amide bonds. The zero-order valence-corrected chi connectivity index (χ0v) is 13.7. The molecule has 0 aliphatic heterocycles. The lowest BCUT2D eigenvalue weighted by Gasteiger charge is -2.11. The molecule has 25 heavy (non-hydrogen) atoms. The number of carbonyl (C=O) groups excluding carboxylic acids is 2. The van der Waals surface area contributed by atoms with Crippen LogP contribution in [0, 0.1) is 0 Å². The molecule has 9 nitrogen and oxygen atoms in total. The fourth-order valence-corrected chi connectivity index (χ4v) is 1.83. The molecule has 2 rings (SSSR count). The van der Waals surface area contributed by atoms with Crippen LogP contribution in [0.5, 0.6) is 11.5 Å². The third-order valence-electron chi connectivity index (χ3n) is 3.12. The second kappa shape index (κ2) is 8.67. The molecule has 0 heterocycles. The molecule has 3 N–H and O–H groups in total. The second-order valence-corrected chi connectivity index (χ2v) is 5.27. The molecule has 9 heteroatoms. The Morgan fingerprint density at radius 1 is 1.24 bits per heavy atom. The van der Waals surface area contributed by atoms with Crippen LogP contribution in [-0.2, 0) is 14.4 Å². The number of hydrogen-bond donors (Lipinski definition) is 3. The molecule has 1 aromatic rings. The summed E-state index contributed by atoms with van der Waals surface area (Å²) in [6, 6.07) is 4.83. The number of nitrogens with zero attached hydrogens (tertiary/aromatic N) is 1. The zero-order chi connectivity index (χ0) is 18.2. The van der Waals surface area contributed by atoms with E-state index in [0.717, 1.165) is 12.8 Å². The molecule has 0 saturated heterocycles. The minimum atomic E-state index is -1.10. The van der Waals surface area contributed by atoms with Gasteiger partial charge in [0.05, 0.1) is 12.8 Å². The lowest BCUT2D eigenvalue weighted by Crippen LogP contribution is -2.38. The van der Waals surface area contributed by atoms with Crippen LogP contribution in [0.2, 0.25) is 0 Å². The predicted octanol–water partition coefficient (Wildman–Crippen LogP) is 0.277. The molecule has 1 saturated carbocycles. The third-order valence-corrected chi connectivity index (χ3v) is 3.12. The lowest BCUT2D eigenvalue weighted by atomic mass is 10.2. The largest absolute Gasteiger partial charge is 0.490 e. The van der Waals surface area contributed by atoms with Gasteiger partial charge in [0, 0.05) is 6.04 Å². The minimum Gasteiger partial charge on any atom is -0.490 e. The highest BCUT2D eigenvalue weighted by molar-refractivity contribution is 6.35. The van der Waals surface area contributed by atoms with Gasteiger partial charge in [-0.3, -0.25) is 9.59 Å². The summed E-state index contributed by atoms with van der Waals surface area (Å²) >= 11 is 0. The Kier molecular flexibility index (Phi) is 6.33. The molecular weight excluding hydrogens is 330 g/mol. The van der Waals surface area contributed by atoms with Crippen LogP contribution in [0.25, 0.3) is 0 Å². The van der Waals surface area contributed by atoms with E-state index in [4.69, 9.17) is 14.6 Å². The van der Waals surface area contributed by atoms with Crippen LogP contribution in [0.4, 0.5) is 0 Å². The summed E-state index contributed by atoms with van der Waals surface area (Å²) < 4.78 is 10.5. The molecule has 0 aromatic heterocycles. The first-order valence-corrected chi connectivity index (χ1v) is 7.75. The molecule has 1 fully saturated rings. The predicted molar refractivity (Wildman–Crippen MR) is 87.6 cm³/mol. The van der Waals surface area contributed by atoms with Crippen LogP contribution in [0.15, 0.2) is 23.3 Å². The van der Waals surface area contributed by atoms with Gasteiger partial charge in [-0.2, -0.15) is 5.10 Å². The summed E-state index contributed by atoms with van der Waals surface area (Å²) in [4.78, 5) is 33.6. The second-order valence-electron chi connectivity index (χ2n) is 5.27. The average molecular weight is 349 g/mol. The van der Waals surface area contributed by atoms with Crippen LogP contribution < -0.4 is 20.2 Å². The van der Waals surface area contributed by atoms with Gasteiger partial charge in [0.2, 0.25) is 0 Å². The van der Waals surface area contributed by atoms with Crippen LogP contribution in [0.1, 0.15) is 25.3 Å². The van der Waals surface area contributed by atoms with E-state index in [2.05, 4.69) is 15.8 Å². The van der Waals surface area contributed by atoms with Gasteiger partial charge < -0.3 is 19.9 Å². The number of hydrazone groups is 1. The lowest BCUT2D eigenvalue weighted by molar-refractivity contribution is -0.139. The van der Waals surface area contributed by atoms with Gasteiger partial charge in [-0.1, -0.05) is 0 Å². The van der Waals surface area contributed by atoms with E-state index in [1.807, 2.05) is 0 Å². The van der Waals surface area contributed by atoms with Crippen molar-refractivity contribution in [1.82, 2.24) is 10.7 Å². The number of nitrogens with one attached hydrogen (secondary N) is 2. The Morgan fingerprint density at radius 3 is 2.64 bits per heavy atom. The van der Waals surface area contributed by atoms with Gasteiger partial charge in [0.1, 0.15) is 0 Å². The van der Waals surface area contributed by atoms with E-state index >= 15 is 0 Å². The highest BCUT2D eigenvalue weighted by Gasteiger charge is 2.26. The fourth-order valence-electron chi connectivity index (χ4n) is 1.83. The van der Waals surface area contributed by atoms with Crippen molar-refractivity contribution in [3.8, 4) is 11.5 Å². The number of aliphatic carboxylic acids is 1. The number of amides is 2. The molecular formula is C16H19N3O6. The molecule has 0 bridgehead atoms. The monoisotopic (exact) mass is 349 g/mol. The minimum absolute atomic E-state index is 0.0920. The Hall–Kier alpha value is -3.10. The normalized spacial score (nSPS) is 13.3. The van der Waals surface area contributed by atoms with Gasteiger partial charge in [-0.25, -0.2) is 10.2 Å². The fraction of sp³-hybridized carbons (Fsp3) is 0.375. The van der Waals surface area contributed by atoms with Crippen molar-refractivity contribution >= 4 is 24.0 Å². The Morgan fingerprint density at radius 2 is 2.00 bits per heavy atom. The molecule has 0 atom stereocenters. The number of carbonyl (C=O) groups is 3. The zero-order valence-electron chi connectivity index (χ0n) is 13.7. The van der Waals surface area contributed by atoms with Crippen LogP contribution in [0.3, 0.4) is 0 Å². The number of carboxylic acids is 1. The van der Waals surface area contributed by atoms with Gasteiger partial charge in [0.15, 0.2) is 18.1 Å². The molecule has 1 aliphatic rings. The molecule has 1 aromatic carbocycles. The maximum atomic E-state index is 11.5. The van der Waals surface area contributed by atoms with Crippen molar-refractivity contribution in [3.05, 3.63) is 23.8 Å². The Balaban J connectivity index is 1.95. The number of carboxylic acid groups (broad SMARTS) is 1. The van der Waals surface area contributed by atoms with Gasteiger partial charge in [-0.05, 0) is 43.5 Å². The van der Waals surface area contributed by atoms with Crippen LogP contribution in [-0.4, -0.2) is 48.4 Å². The quantitative estimate of drug-likeness (QED) is 0.351. The molecule has 0 spiro atoms. The maximum Gasteiger partial charge on any atom is 0.341 e. The summed E-state index contributed by atoms with van der Waals surface area (Å²) in [5, 5.41) is 14.9. The van der Waals surface area contributed by atoms with E-state index in [1.165, 1.54) is 12.3 Å². The molecule has 134 valence electrons. The van der Waals surface area contributed by atoms with Crippen molar-refractivity contribution < 1.29 is 29.0 Å². The Labute approximate surface area is 144 Å². The molecule has 0 radical (unpaired) electrons. The van der Waals surface area contributed by atoms with Crippen molar-refractivity contribution in [2.75, 3.05) is 13.2 Å². The number of rotatable bonds is 8. The average Bonchev–Trinajstić information content (AvgIpc) is 3.38. The first-order valence-electron chi connectivity index (χ1n) is 7.75. The summed E-state index contributed by atoms with van der Waals surface area (Å²) in [5.41, 5.74) is 2.72. The Bertz CT molecular complexity index is 684. The summed E-state index contributed by atoms with van der Waals surface area (Å²) in [6.07, 6.45) is 3.11. The van der Waals surface area contributed by atoms with Gasteiger partial charge in [-0.15, -0.1) is 0 Å². The van der Waals surface area contributed by atoms with Crippen molar-refractivity contribution in [2.24, 2.45) is 5.10 Å². The third kappa shape index (κ3) is 6.13. The first kappa shape index (κ1) is 18.2. The van der Waals surface area contributed by atoms with Crippen molar-refractivity contribution in [2.45, 2.75) is 25.8 Å². The van der Waals surface area contributed by atoms with Crippen LogP contribution >= 0.6 is 0 Å². The van der Waals surface area contributed by atoms with E-state index in [0.29, 0.717) is 17.9 Å². The van der Waals surface area contributed by atoms with E-state index < -0.39 is 24.4 Å². The van der Waals surface area contributed by atoms with E-state index in [9.17, 15) is 14.4 Å². The smallest absolute Gasteiger partial charge is 0.341 e. The first-order chi connectivity index (χ1) is 12.0.